The number of rotatable bonds is 5. The van der Waals surface area contributed by atoms with Crippen LogP contribution in [0.4, 0.5) is 0 Å². The number of allylic oxidation sites excluding steroid dienone is 2. The van der Waals surface area contributed by atoms with Gasteiger partial charge in [0.1, 0.15) is 5.70 Å². The van der Waals surface area contributed by atoms with Gasteiger partial charge in [0.15, 0.2) is 0 Å². The van der Waals surface area contributed by atoms with Crippen LogP contribution >= 0.6 is 0 Å². The normalized spacial score (nSPS) is 11.2. The van der Waals surface area contributed by atoms with Crippen molar-refractivity contribution in [1.29, 1.82) is 0 Å². The molecule has 0 aromatic heterocycles. The highest BCUT2D eigenvalue weighted by molar-refractivity contribution is 5.88. The van der Waals surface area contributed by atoms with Crippen LogP contribution in [0.2, 0.25) is 0 Å². The number of hydrogen-bond donors (Lipinski definition) is 0. The summed E-state index contributed by atoms with van der Waals surface area (Å²) in [5.41, 5.74) is 10.5. The highest BCUT2D eigenvalue weighted by Gasteiger charge is 2.06. The Labute approximate surface area is 111 Å². The molecule has 0 aliphatic carbocycles. The Kier molecular flexibility index (Phi) is 5.92. The fourth-order valence-electron chi connectivity index (χ4n) is 1.32. The summed E-state index contributed by atoms with van der Waals surface area (Å²) in [6.07, 6.45) is 4.88. The molecule has 19 heavy (non-hydrogen) atoms. The maximum Gasteiger partial charge on any atom is 0.340 e. The van der Waals surface area contributed by atoms with E-state index in [9.17, 15) is 4.79 Å². The molecule has 0 amide bonds. The molecule has 0 aliphatic heterocycles. The highest BCUT2D eigenvalue weighted by Crippen LogP contribution is 2.07. The number of ether oxygens (including phenoxy) is 1. The smallest absolute Gasteiger partial charge is 0.340 e. The van der Waals surface area contributed by atoms with Crippen LogP contribution in [-0.4, -0.2) is 12.6 Å². The van der Waals surface area contributed by atoms with Crippen LogP contribution in [0.15, 0.2) is 47.2 Å². The molecular weight excluding hydrogens is 242 g/mol. The van der Waals surface area contributed by atoms with Crippen molar-refractivity contribution in [2.45, 2.75) is 13.8 Å². The standard InChI is InChI=1S/C14H15N3O2/c1-3-19-14(18)13(16-17-15)6-4-5-12-9-7-11(2)8-10-12/h4-10H,3H2,1-2H3. The number of hydrogen-bond acceptors (Lipinski definition) is 3. The lowest BCUT2D eigenvalue weighted by Crippen LogP contribution is -2.05. The molecule has 98 valence electrons. The maximum atomic E-state index is 11.4. The fourth-order valence-corrected chi connectivity index (χ4v) is 1.32. The van der Waals surface area contributed by atoms with Crippen molar-refractivity contribution in [2.24, 2.45) is 5.11 Å². The minimum Gasteiger partial charge on any atom is -0.462 e. The van der Waals surface area contributed by atoms with Gasteiger partial charge in [-0.05, 0) is 31.0 Å². The summed E-state index contributed by atoms with van der Waals surface area (Å²) in [5.74, 6) is -0.631. The zero-order valence-electron chi connectivity index (χ0n) is 10.9. The molecule has 0 bridgehead atoms. The molecule has 0 saturated heterocycles. The van der Waals surface area contributed by atoms with Crippen molar-refractivity contribution in [3.05, 3.63) is 63.7 Å². The Hall–Kier alpha value is -2.52. The van der Waals surface area contributed by atoms with E-state index >= 15 is 0 Å². The first-order valence-electron chi connectivity index (χ1n) is 5.84. The molecule has 0 fully saturated rings. The van der Waals surface area contributed by atoms with E-state index in [1.54, 1.807) is 13.0 Å². The molecule has 5 nitrogen and oxygen atoms in total. The molecule has 0 spiro atoms. The third-order valence-corrected chi connectivity index (χ3v) is 2.26. The Morgan fingerprint density at radius 2 is 2.11 bits per heavy atom. The molecule has 1 aromatic carbocycles. The van der Waals surface area contributed by atoms with Crippen LogP contribution < -0.4 is 0 Å². The number of carbonyl (C=O) groups is 1. The van der Waals surface area contributed by atoms with Gasteiger partial charge in [-0.1, -0.05) is 47.1 Å². The van der Waals surface area contributed by atoms with E-state index in [1.165, 1.54) is 11.6 Å². The summed E-state index contributed by atoms with van der Waals surface area (Å²) in [5, 5.41) is 3.30. The number of azide groups is 1. The van der Waals surface area contributed by atoms with Gasteiger partial charge in [0.2, 0.25) is 0 Å². The fraction of sp³-hybridized carbons (Fsp3) is 0.214. The van der Waals surface area contributed by atoms with Crippen LogP contribution in [0.3, 0.4) is 0 Å². The van der Waals surface area contributed by atoms with Gasteiger partial charge in [0, 0.05) is 4.91 Å². The van der Waals surface area contributed by atoms with Gasteiger partial charge in [-0.15, -0.1) is 0 Å². The topological polar surface area (TPSA) is 75.1 Å². The van der Waals surface area contributed by atoms with E-state index in [4.69, 9.17) is 10.3 Å². The van der Waals surface area contributed by atoms with Crippen molar-refractivity contribution in [3.8, 4) is 0 Å². The zero-order chi connectivity index (χ0) is 14.1. The van der Waals surface area contributed by atoms with Crippen LogP contribution in [0, 0.1) is 6.92 Å². The quantitative estimate of drug-likeness (QED) is 0.201. The lowest BCUT2D eigenvalue weighted by Gasteiger charge is -1.99. The van der Waals surface area contributed by atoms with E-state index in [1.807, 2.05) is 37.3 Å². The monoisotopic (exact) mass is 257 g/mol. The van der Waals surface area contributed by atoms with Crippen LogP contribution in [0.5, 0.6) is 0 Å². The van der Waals surface area contributed by atoms with E-state index in [-0.39, 0.29) is 12.3 Å². The summed E-state index contributed by atoms with van der Waals surface area (Å²) in [6.45, 7) is 3.93. The second kappa shape index (κ2) is 7.74. The summed E-state index contributed by atoms with van der Waals surface area (Å²) in [6, 6.07) is 7.89. The molecule has 1 rings (SSSR count). The Bertz CT molecular complexity index is 538. The number of carbonyl (C=O) groups excluding carboxylic acids is 1. The highest BCUT2D eigenvalue weighted by atomic mass is 16.5. The van der Waals surface area contributed by atoms with Gasteiger partial charge >= 0.3 is 5.97 Å². The van der Waals surface area contributed by atoms with Crippen LogP contribution in [0.1, 0.15) is 18.1 Å². The van der Waals surface area contributed by atoms with Crippen molar-refractivity contribution in [3.63, 3.8) is 0 Å². The number of esters is 1. The number of benzene rings is 1. The largest absolute Gasteiger partial charge is 0.462 e. The minimum absolute atomic E-state index is 0.0623. The van der Waals surface area contributed by atoms with Crippen LogP contribution in [0.25, 0.3) is 16.5 Å². The van der Waals surface area contributed by atoms with Gasteiger partial charge in [0.25, 0.3) is 0 Å². The molecule has 0 radical (unpaired) electrons. The molecule has 0 saturated carbocycles. The molecule has 5 heteroatoms. The Morgan fingerprint density at radius 3 is 2.68 bits per heavy atom. The third-order valence-electron chi connectivity index (χ3n) is 2.26. The van der Waals surface area contributed by atoms with Crippen molar-refractivity contribution in [2.75, 3.05) is 6.61 Å². The lowest BCUT2D eigenvalue weighted by molar-refractivity contribution is -0.138. The summed E-state index contributed by atoms with van der Waals surface area (Å²) >= 11 is 0. The Balaban J connectivity index is 2.83. The number of nitrogens with zero attached hydrogens (tertiary/aromatic N) is 3. The molecule has 0 heterocycles. The summed E-state index contributed by atoms with van der Waals surface area (Å²) in [7, 11) is 0. The first-order chi connectivity index (χ1) is 9.17. The molecular formula is C14H15N3O2. The second-order valence-corrected chi connectivity index (χ2v) is 3.73. The third kappa shape index (κ3) is 5.10. The van der Waals surface area contributed by atoms with E-state index < -0.39 is 5.97 Å². The molecule has 0 atom stereocenters. The van der Waals surface area contributed by atoms with Crippen molar-refractivity contribution >= 4 is 12.0 Å². The molecule has 0 N–H and O–H groups in total. The van der Waals surface area contributed by atoms with E-state index in [0.29, 0.717) is 0 Å². The number of aryl methyl sites for hydroxylation is 1. The van der Waals surface area contributed by atoms with E-state index in [0.717, 1.165) is 5.56 Å². The predicted molar refractivity (Wildman–Crippen MR) is 74.1 cm³/mol. The van der Waals surface area contributed by atoms with Gasteiger partial charge in [-0.25, -0.2) is 4.79 Å². The van der Waals surface area contributed by atoms with Gasteiger partial charge in [-0.3, -0.25) is 0 Å². The summed E-state index contributed by atoms with van der Waals surface area (Å²) < 4.78 is 4.77. The van der Waals surface area contributed by atoms with Crippen molar-refractivity contribution in [1.82, 2.24) is 0 Å². The molecule has 0 aliphatic rings. The van der Waals surface area contributed by atoms with E-state index in [2.05, 4.69) is 10.0 Å². The maximum absolute atomic E-state index is 11.4. The van der Waals surface area contributed by atoms with Crippen molar-refractivity contribution < 1.29 is 9.53 Å². The average molecular weight is 257 g/mol. The lowest BCUT2D eigenvalue weighted by atomic mass is 10.1. The molecule has 0 unspecified atom stereocenters. The minimum atomic E-state index is -0.631. The zero-order valence-corrected chi connectivity index (χ0v) is 10.9. The van der Waals surface area contributed by atoms with Gasteiger partial charge in [0.05, 0.1) is 6.61 Å². The SMILES string of the molecule is CCOC(=O)C(=CC=Cc1ccc(C)cc1)N=[N+]=[N-]. The van der Waals surface area contributed by atoms with Gasteiger partial charge < -0.3 is 4.74 Å². The van der Waals surface area contributed by atoms with Crippen LogP contribution in [-0.2, 0) is 9.53 Å². The second-order valence-electron chi connectivity index (χ2n) is 3.73. The first kappa shape index (κ1) is 14.5. The summed E-state index contributed by atoms with van der Waals surface area (Å²) in [4.78, 5) is 14.0. The van der Waals surface area contributed by atoms with Gasteiger partial charge in [-0.2, -0.15) is 0 Å². The first-order valence-corrected chi connectivity index (χ1v) is 5.84. The predicted octanol–water partition coefficient (Wildman–Crippen LogP) is 3.77. The molecule has 1 aromatic rings. The Morgan fingerprint density at radius 1 is 1.42 bits per heavy atom. The average Bonchev–Trinajstić information content (AvgIpc) is 2.40.